The molecule has 1 unspecified atom stereocenters. The van der Waals surface area contributed by atoms with Gasteiger partial charge in [0, 0.05) is 19.0 Å². The Morgan fingerprint density at radius 2 is 1.64 bits per heavy atom. The molecule has 0 spiro atoms. The Balaban J connectivity index is 2.04. The van der Waals surface area contributed by atoms with E-state index in [0.717, 1.165) is 11.8 Å². The van der Waals surface area contributed by atoms with E-state index in [1.807, 2.05) is 36.4 Å². The zero-order valence-electron chi connectivity index (χ0n) is 17.3. The molecule has 1 N–H and O–H groups in total. The minimum atomic E-state index is -0.678. The molecule has 28 heavy (non-hydrogen) atoms. The van der Waals surface area contributed by atoms with Crippen molar-refractivity contribution in [1.82, 2.24) is 4.90 Å². The molecule has 2 aromatic carbocycles. The number of carbonyl (C=O) groups excluding carboxylic acids is 2. The van der Waals surface area contributed by atoms with Crippen LogP contribution >= 0.6 is 11.8 Å². The Morgan fingerprint density at radius 1 is 1.04 bits per heavy atom. The Labute approximate surface area is 171 Å². The molecule has 2 amide bonds. The van der Waals surface area contributed by atoms with E-state index in [0.29, 0.717) is 16.3 Å². The molecule has 2 rings (SSSR count). The van der Waals surface area contributed by atoms with E-state index in [4.69, 9.17) is 4.74 Å². The Hall–Kier alpha value is -2.47. The lowest BCUT2D eigenvalue weighted by molar-refractivity contribution is -0.122. The molecule has 0 heterocycles. The first-order chi connectivity index (χ1) is 13.1. The van der Waals surface area contributed by atoms with E-state index in [-0.39, 0.29) is 16.6 Å². The highest BCUT2D eigenvalue weighted by atomic mass is 32.2. The van der Waals surface area contributed by atoms with E-state index in [1.165, 1.54) is 10.5 Å². The maximum absolute atomic E-state index is 12.6. The molecule has 0 saturated carbocycles. The monoisotopic (exact) mass is 400 g/mol. The molecule has 1 atom stereocenters. The van der Waals surface area contributed by atoms with Crippen molar-refractivity contribution >= 4 is 28.6 Å². The molecule has 0 bridgehead atoms. The van der Waals surface area contributed by atoms with Gasteiger partial charge in [-0.1, -0.05) is 45.0 Å². The molecular weight excluding hydrogens is 372 g/mol. The van der Waals surface area contributed by atoms with Gasteiger partial charge >= 0.3 is 0 Å². The van der Waals surface area contributed by atoms with Crippen LogP contribution in [0.25, 0.3) is 0 Å². The van der Waals surface area contributed by atoms with Gasteiger partial charge in [0.2, 0.25) is 0 Å². The number of thioether (sulfide) groups is 1. The number of hydrogen-bond acceptors (Lipinski definition) is 4. The van der Waals surface area contributed by atoms with Crippen LogP contribution in [0, 0.1) is 0 Å². The summed E-state index contributed by atoms with van der Waals surface area (Å²) in [5.41, 5.74) is 1.85. The fourth-order valence-electron chi connectivity index (χ4n) is 2.37. The molecule has 0 aliphatic carbocycles. The largest absolute Gasteiger partial charge is 0.481 e. The van der Waals surface area contributed by atoms with Crippen LogP contribution in [-0.2, 0) is 10.2 Å². The number of anilines is 1. The minimum absolute atomic E-state index is 0.0624. The van der Waals surface area contributed by atoms with Crippen LogP contribution in [0.2, 0.25) is 0 Å². The topological polar surface area (TPSA) is 58.6 Å². The summed E-state index contributed by atoms with van der Waals surface area (Å²) in [5.74, 6) is 0.367. The molecule has 2 aromatic rings. The highest BCUT2D eigenvalue weighted by molar-refractivity contribution is 8.13. The molecular formula is C22H28N2O3S. The smallest absolute Gasteiger partial charge is 0.286 e. The SMILES string of the molecule is CC(Oc1ccc(C(C)(C)C)cc1)C(=O)Nc1ccccc1SC(=O)N(C)C. The molecule has 0 aliphatic rings. The van der Waals surface area contributed by atoms with Gasteiger partial charge in [0.25, 0.3) is 11.1 Å². The first-order valence-electron chi connectivity index (χ1n) is 9.14. The fourth-order valence-corrected chi connectivity index (χ4v) is 3.12. The first-order valence-corrected chi connectivity index (χ1v) is 9.96. The predicted octanol–water partition coefficient (Wildman–Crippen LogP) is 5.16. The average Bonchev–Trinajstić information content (AvgIpc) is 2.62. The second kappa shape index (κ2) is 9.15. The van der Waals surface area contributed by atoms with E-state index < -0.39 is 6.10 Å². The number of nitrogens with zero attached hydrogens (tertiary/aromatic N) is 1. The van der Waals surface area contributed by atoms with Crippen molar-refractivity contribution in [2.45, 2.75) is 44.1 Å². The van der Waals surface area contributed by atoms with Gasteiger partial charge in [-0.05, 0) is 53.9 Å². The summed E-state index contributed by atoms with van der Waals surface area (Å²) >= 11 is 1.07. The zero-order chi connectivity index (χ0) is 20.9. The lowest BCUT2D eigenvalue weighted by atomic mass is 9.87. The predicted molar refractivity (Wildman–Crippen MR) is 115 cm³/mol. The minimum Gasteiger partial charge on any atom is -0.481 e. The third-order valence-corrected chi connectivity index (χ3v) is 5.23. The van der Waals surface area contributed by atoms with Gasteiger partial charge in [-0.15, -0.1) is 0 Å². The number of benzene rings is 2. The van der Waals surface area contributed by atoms with Gasteiger partial charge < -0.3 is 15.0 Å². The van der Waals surface area contributed by atoms with Crippen LogP contribution in [0.15, 0.2) is 53.4 Å². The fraction of sp³-hybridized carbons (Fsp3) is 0.364. The molecule has 6 heteroatoms. The van der Waals surface area contributed by atoms with Crippen LogP contribution in [0.4, 0.5) is 10.5 Å². The number of para-hydroxylation sites is 1. The van der Waals surface area contributed by atoms with Crippen LogP contribution in [0.3, 0.4) is 0 Å². The Bertz CT molecular complexity index is 826. The zero-order valence-corrected chi connectivity index (χ0v) is 18.1. The Kier molecular flexibility index (Phi) is 7.13. The molecule has 0 radical (unpaired) electrons. The maximum Gasteiger partial charge on any atom is 0.286 e. The second-order valence-corrected chi connectivity index (χ2v) is 8.78. The third kappa shape index (κ3) is 6.02. The van der Waals surface area contributed by atoms with E-state index in [1.54, 1.807) is 33.2 Å². The summed E-state index contributed by atoms with van der Waals surface area (Å²) in [6.45, 7) is 8.15. The number of amides is 2. The average molecular weight is 401 g/mol. The van der Waals surface area contributed by atoms with Crippen molar-refractivity contribution in [3.63, 3.8) is 0 Å². The number of nitrogens with one attached hydrogen (secondary N) is 1. The van der Waals surface area contributed by atoms with E-state index >= 15 is 0 Å². The van der Waals surface area contributed by atoms with Crippen LogP contribution < -0.4 is 10.1 Å². The van der Waals surface area contributed by atoms with Gasteiger partial charge in [0.1, 0.15) is 5.75 Å². The summed E-state index contributed by atoms with van der Waals surface area (Å²) in [7, 11) is 3.38. The first kappa shape index (κ1) is 21.8. The van der Waals surface area contributed by atoms with Crippen molar-refractivity contribution in [1.29, 1.82) is 0 Å². The number of hydrogen-bond donors (Lipinski definition) is 1. The van der Waals surface area contributed by atoms with Gasteiger partial charge in [-0.2, -0.15) is 0 Å². The van der Waals surface area contributed by atoms with Crippen molar-refractivity contribution in [2.75, 3.05) is 19.4 Å². The molecule has 0 aliphatic heterocycles. The van der Waals surface area contributed by atoms with E-state index in [2.05, 4.69) is 26.1 Å². The molecule has 0 saturated heterocycles. The van der Waals surface area contributed by atoms with Crippen LogP contribution in [-0.4, -0.2) is 36.2 Å². The number of ether oxygens (including phenoxy) is 1. The summed E-state index contributed by atoms with van der Waals surface area (Å²) < 4.78 is 5.78. The lowest BCUT2D eigenvalue weighted by Gasteiger charge is -2.20. The quantitative estimate of drug-likeness (QED) is 0.704. The Morgan fingerprint density at radius 3 is 2.21 bits per heavy atom. The van der Waals surface area contributed by atoms with Crippen LogP contribution in [0.1, 0.15) is 33.3 Å². The third-order valence-electron chi connectivity index (χ3n) is 4.11. The lowest BCUT2D eigenvalue weighted by Crippen LogP contribution is -2.30. The summed E-state index contributed by atoms with van der Waals surface area (Å²) in [4.78, 5) is 26.7. The maximum atomic E-state index is 12.6. The van der Waals surface area contributed by atoms with Crippen molar-refractivity contribution in [3.8, 4) is 5.75 Å². The molecule has 5 nitrogen and oxygen atoms in total. The highest BCUT2D eigenvalue weighted by Gasteiger charge is 2.19. The highest BCUT2D eigenvalue weighted by Crippen LogP contribution is 2.29. The van der Waals surface area contributed by atoms with Gasteiger partial charge in [0.15, 0.2) is 6.10 Å². The van der Waals surface area contributed by atoms with E-state index in [9.17, 15) is 9.59 Å². The van der Waals surface area contributed by atoms with Gasteiger partial charge in [-0.25, -0.2) is 0 Å². The summed E-state index contributed by atoms with van der Waals surface area (Å²) in [6.07, 6.45) is -0.678. The number of rotatable bonds is 5. The van der Waals surface area contributed by atoms with Gasteiger partial charge in [-0.3, -0.25) is 9.59 Å². The van der Waals surface area contributed by atoms with Crippen molar-refractivity contribution in [3.05, 3.63) is 54.1 Å². The van der Waals surface area contributed by atoms with Crippen molar-refractivity contribution < 1.29 is 14.3 Å². The molecule has 150 valence electrons. The molecule has 0 fully saturated rings. The van der Waals surface area contributed by atoms with Gasteiger partial charge in [0.05, 0.1) is 5.69 Å². The standard InChI is InChI=1S/C22H28N2O3S/c1-15(27-17-13-11-16(12-14-17)22(2,3)4)20(25)23-18-9-7-8-10-19(18)28-21(26)24(5)6/h7-15H,1-6H3,(H,23,25). The number of carbonyl (C=O) groups is 2. The van der Waals surface area contributed by atoms with Crippen LogP contribution in [0.5, 0.6) is 5.75 Å². The summed E-state index contributed by atoms with van der Waals surface area (Å²) in [6, 6.07) is 15.0. The van der Waals surface area contributed by atoms with Crippen molar-refractivity contribution in [2.24, 2.45) is 0 Å². The normalized spacial score (nSPS) is 12.2. The molecule has 0 aromatic heterocycles. The summed E-state index contributed by atoms with van der Waals surface area (Å²) in [5, 5.41) is 2.75. The second-order valence-electron chi connectivity index (χ2n) is 7.78.